The molecule has 3 aromatic rings. The standard InChI is InChI=1S/C22H18N2O2/c23-21(24)17-13-10-15(11-14-17)9-12-16-5-1-2-6-18(16)19-7-3-4-8-20(19)22(25)26/h1-14H,(H3,23,24)(H,25,26)/b12-9+. The van der Waals surface area contributed by atoms with Gasteiger partial charge in [0, 0.05) is 5.56 Å². The average Bonchev–Trinajstić information content (AvgIpc) is 2.67. The van der Waals surface area contributed by atoms with Gasteiger partial charge < -0.3 is 10.8 Å². The Hall–Kier alpha value is -3.66. The molecule has 3 aromatic carbocycles. The minimum Gasteiger partial charge on any atom is -0.478 e. The quantitative estimate of drug-likeness (QED) is 0.362. The van der Waals surface area contributed by atoms with E-state index in [0.717, 1.165) is 16.7 Å². The molecule has 0 bridgehead atoms. The summed E-state index contributed by atoms with van der Waals surface area (Å²) in [6.45, 7) is 0. The summed E-state index contributed by atoms with van der Waals surface area (Å²) >= 11 is 0. The Morgan fingerprint density at radius 3 is 2.12 bits per heavy atom. The normalized spacial score (nSPS) is 10.8. The van der Waals surface area contributed by atoms with Crippen LogP contribution in [0.4, 0.5) is 0 Å². The fourth-order valence-electron chi connectivity index (χ4n) is 2.75. The lowest BCUT2D eigenvalue weighted by molar-refractivity contribution is 0.0697. The number of rotatable bonds is 5. The van der Waals surface area contributed by atoms with Gasteiger partial charge in [-0.2, -0.15) is 0 Å². The largest absolute Gasteiger partial charge is 0.478 e. The third-order valence-electron chi connectivity index (χ3n) is 4.09. The number of aromatic carboxylic acids is 1. The van der Waals surface area contributed by atoms with Crippen LogP contribution in [0.15, 0.2) is 72.8 Å². The van der Waals surface area contributed by atoms with Gasteiger partial charge in [0.2, 0.25) is 0 Å². The second-order valence-corrected chi connectivity index (χ2v) is 5.81. The molecule has 0 saturated carbocycles. The first-order valence-corrected chi connectivity index (χ1v) is 8.10. The zero-order valence-corrected chi connectivity index (χ0v) is 14.0. The summed E-state index contributed by atoms with van der Waals surface area (Å²) in [6, 6.07) is 22.1. The van der Waals surface area contributed by atoms with Crippen molar-refractivity contribution in [3.05, 3.63) is 95.1 Å². The van der Waals surface area contributed by atoms with E-state index in [0.29, 0.717) is 11.1 Å². The molecule has 0 fully saturated rings. The van der Waals surface area contributed by atoms with Crippen LogP contribution >= 0.6 is 0 Å². The molecule has 0 saturated heterocycles. The summed E-state index contributed by atoms with van der Waals surface area (Å²) in [7, 11) is 0. The van der Waals surface area contributed by atoms with Gasteiger partial charge in [0.05, 0.1) is 5.56 Å². The summed E-state index contributed by atoms with van der Waals surface area (Å²) in [5.41, 5.74) is 9.87. The van der Waals surface area contributed by atoms with Gasteiger partial charge in [0.1, 0.15) is 5.84 Å². The molecule has 26 heavy (non-hydrogen) atoms. The third kappa shape index (κ3) is 3.70. The van der Waals surface area contributed by atoms with Crippen molar-refractivity contribution in [2.45, 2.75) is 0 Å². The van der Waals surface area contributed by atoms with Gasteiger partial charge in [0.15, 0.2) is 0 Å². The summed E-state index contributed by atoms with van der Waals surface area (Å²) < 4.78 is 0. The van der Waals surface area contributed by atoms with Crippen molar-refractivity contribution >= 4 is 24.0 Å². The first kappa shape index (κ1) is 17.2. The lowest BCUT2D eigenvalue weighted by Crippen LogP contribution is -2.10. The molecule has 0 aliphatic carbocycles. The van der Waals surface area contributed by atoms with Crippen molar-refractivity contribution in [1.29, 1.82) is 5.41 Å². The molecule has 3 rings (SSSR count). The number of carboxylic acids is 1. The lowest BCUT2D eigenvalue weighted by Gasteiger charge is -2.09. The number of carbonyl (C=O) groups is 1. The van der Waals surface area contributed by atoms with E-state index in [1.165, 1.54) is 0 Å². The zero-order valence-electron chi connectivity index (χ0n) is 14.0. The summed E-state index contributed by atoms with van der Waals surface area (Å²) in [6.07, 6.45) is 3.91. The highest BCUT2D eigenvalue weighted by atomic mass is 16.4. The van der Waals surface area contributed by atoms with Crippen molar-refractivity contribution in [3.8, 4) is 11.1 Å². The van der Waals surface area contributed by atoms with Crippen LogP contribution in [0.3, 0.4) is 0 Å². The number of nitrogen functional groups attached to an aromatic ring is 1. The molecule has 0 aliphatic heterocycles. The van der Waals surface area contributed by atoms with Gasteiger partial charge in [-0.05, 0) is 28.3 Å². The molecule has 0 heterocycles. The van der Waals surface area contributed by atoms with Crippen molar-refractivity contribution in [2.75, 3.05) is 0 Å². The number of benzene rings is 3. The van der Waals surface area contributed by atoms with Crippen LogP contribution < -0.4 is 5.73 Å². The smallest absolute Gasteiger partial charge is 0.336 e. The fourth-order valence-corrected chi connectivity index (χ4v) is 2.75. The fraction of sp³-hybridized carbons (Fsp3) is 0. The number of hydrogen-bond acceptors (Lipinski definition) is 2. The molecular weight excluding hydrogens is 324 g/mol. The molecule has 0 radical (unpaired) electrons. The Labute approximate surface area is 151 Å². The first-order chi connectivity index (χ1) is 12.6. The summed E-state index contributed by atoms with van der Waals surface area (Å²) in [4.78, 5) is 11.5. The Balaban J connectivity index is 1.98. The van der Waals surface area contributed by atoms with Crippen LogP contribution in [0.5, 0.6) is 0 Å². The van der Waals surface area contributed by atoms with E-state index in [2.05, 4.69) is 0 Å². The molecule has 4 heteroatoms. The average molecular weight is 342 g/mol. The number of hydrogen-bond donors (Lipinski definition) is 3. The van der Waals surface area contributed by atoms with Crippen LogP contribution in [-0.4, -0.2) is 16.9 Å². The van der Waals surface area contributed by atoms with Gasteiger partial charge in [-0.3, -0.25) is 5.41 Å². The summed E-state index contributed by atoms with van der Waals surface area (Å²) in [5.74, 6) is -0.907. The van der Waals surface area contributed by atoms with Crippen molar-refractivity contribution in [2.24, 2.45) is 5.73 Å². The van der Waals surface area contributed by atoms with Crippen LogP contribution in [-0.2, 0) is 0 Å². The Morgan fingerprint density at radius 2 is 1.46 bits per heavy atom. The SMILES string of the molecule is N=C(N)c1ccc(/C=C/c2ccccc2-c2ccccc2C(=O)O)cc1. The van der Waals surface area contributed by atoms with Gasteiger partial charge in [-0.25, -0.2) is 4.79 Å². The van der Waals surface area contributed by atoms with Gasteiger partial charge in [-0.1, -0.05) is 78.9 Å². The molecule has 0 aliphatic rings. The van der Waals surface area contributed by atoms with E-state index >= 15 is 0 Å². The van der Waals surface area contributed by atoms with E-state index in [-0.39, 0.29) is 11.4 Å². The van der Waals surface area contributed by atoms with E-state index in [4.69, 9.17) is 11.1 Å². The maximum Gasteiger partial charge on any atom is 0.336 e. The maximum absolute atomic E-state index is 11.5. The summed E-state index contributed by atoms with van der Waals surface area (Å²) in [5, 5.41) is 16.9. The highest BCUT2D eigenvalue weighted by molar-refractivity contribution is 5.98. The van der Waals surface area contributed by atoms with E-state index < -0.39 is 5.97 Å². The number of amidine groups is 1. The van der Waals surface area contributed by atoms with E-state index in [1.54, 1.807) is 24.3 Å². The monoisotopic (exact) mass is 342 g/mol. The van der Waals surface area contributed by atoms with E-state index in [9.17, 15) is 9.90 Å². The predicted molar refractivity (Wildman–Crippen MR) is 105 cm³/mol. The molecule has 4 N–H and O–H groups in total. The number of nitrogens with one attached hydrogen (secondary N) is 1. The predicted octanol–water partition coefficient (Wildman–Crippen LogP) is 4.51. The van der Waals surface area contributed by atoms with Crippen LogP contribution in [0.1, 0.15) is 27.0 Å². The Morgan fingerprint density at radius 1 is 0.846 bits per heavy atom. The minimum absolute atomic E-state index is 0.0381. The first-order valence-electron chi connectivity index (χ1n) is 8.10. The molecule has 4 nitrogen and oxygen atoms in total. The van der Waals surface area contributed by atoms with Crippen molar-refractivity contribution in [1.82, 2.24) is 0 Å². The Kier molecular flexibility index (Phi) is 4.94. The van der Waals surface area contributed by atoms with E-state index in [1.807, 2.05) is 60.7 Å². The van der Waals surface area contributed by atoms with Crippen LogP contribution in [0, 0.1) is 5.41 Å². The molecule has 0 unspecified atom stereocenters. The van der Waals surface area contributed by atoms with Gasteiger partial charge >= 0.3 is 5.97 Å². The number of nitrogens with two attached hydrogens (primary N) is 1. The zero-order chi connectivity index (χ0) is 18.5. The topological polar surface area (TPSA) is 87.2 Å². The second-order valence-electron chi connectivity index (χ2n) is 5.81. The minimum atomic E-state index is -0.945. The second kappa shape index (κ2) is 7.49. The lowest BCUT2D eigenvalue weighted by atomic mass is 9.95. The number of carboxylic acid groups (broad SMARTS) is 1. The maximum atomic E-state index is 11.5. The Bertz CT molecular complexity index is 989. The molecule has 0 amide bonds. The van der Waals surface area contributed by atoms with Crippen LogP contribution in [0.25, 0.3) is 23.3 Å². The molecular formula is C22H18N2O2. The third-order valence-corrected chi connectivity index (χ3v) is 4.09. The van der Waals surface area contributed by atoms with Crippen LogP contribution in [0.2, 0.25) is 0 Å². The van der Waals surface area contributed by atoms with Crippen molar-refractivity contribution in [3.63, 3.8) is 0 Å². The van der Waals surface area contributed by atoms with Gasteiger partial charge in [-0.15, -0.1) is 0 Å². The highest BCUT2D eigenvalue weighted by Gasteiger charge is 2.12. The van der Waals surface area contributed by atoms with Crippen molar-refractivity contribution < 1.29 is 9.90 Å². The highest BCUT2D eigenvalue weighted by Crippen LogP contribution is 2.28. The molecule has 0 spiro atoms. The molecule has 0 atom stereocenters. The molecule has 0 aromatic heterocycles. The molecule has 128 valence electrons. The van der Waals surface area contributed by atoms with Gasteiger partial charge in [0.25, 0.3) is 0 Å².